The summed E-state index contributed by atoms with van der Waals surface area (Å²) in [7, 11) is 0. The Hall–Kier alpha value is -3.35. The normalized spacial score (nSPS) is 12.2. The first-order valence-corrected chi connectivity index (χ1v) is 8.37. The van der Waals surface area contributed by atoms with Crippen molar-refractivity contribution >= 4 is 0 Å². The lowest BCUT2D eigenvalue weighted by atomic mass is 10.0. The quantitative estimate of drug-likeness (QED) is 0.594. The highest BCUT2D eigenvalue weighted by Gasteiger charge is 2.15. The first kappa shape index (κ1) is 16.1. The molecule has 0 saturated heterocycles. The number of pyridine rings is 1. The van der Waals surface area contributed by atoms with Crippen molar-refractivity contribution in [3.8, 4) is 22.6 Å². The molecule has 1 aromatic carbocycles. The van der Waals surface area contributed by atoms with Crippen LogP contribution in [0.5, 0.6) is 0 Å². The van der Waals surface area contributed by atoms with Crippen LogP contribution in [-0.4, -0.2) is 29.9 Å². The van der Waals surface area contributed by atoms with Crippen LogP contribution in [0.4, 0.5) is 4.39 Å². The highest BCUT2D eigenvalue weighted by atomic mass is 19.1. The van der Waals surface area contributed by atoms with Crippen LogP contribution in [0.15, 0.2) is 61.2 Å². The third kappa shape index (κ3) is 2.99. The molecular formula is C19H17FN6. The number of nitrogens with one attached hydrogen (secondary N) is 1. The molecule has 0 bridgehead atoms. The average molecular weight is 348 g/mol. The van der Waals surface area contributed by atoms with E-state index in [2.05, 4.69) is 49.0 Å². The van der Waals surface area contributed by atoms with E-state index in [0.29, 0.717) is 11.3 Å². The second-order valence-corrected chi connectivity index (χ2v) is 5.93. The van der Waals surface area contributed by atoms with Crippen molar-refractivity contribution in [2.75, 3.05) is 0 Å². The molecule has 3 aromatic heterocycles. The molecule has 0 saturated carbocycles. The maximum absolute atomic E-state index is 13.7. The third-order valence-corrected chi connectivity index (χ3v) is 4.33. The van der Waals surface area contributed by atoms with Crippen molar-refractivity contribution in [1.82, 2.24) is 29.9 Å². The Kier molecular flexibility index (Phi) is 4.27. The van der Waals surface area contributed by atoms with Crippen LogP contribution < -0.4 is 0 Å². The number of benzene rings is 1. The van der Waals surface area contributed by atoms with E-state index < -0.39 is 5.95 Å². The molecule has 6 nitrogen and oxygen atoms in total. The second-order valence-electron chi connectivity index (χ2n) is 5.93. The first-order chi connectivity index (χ1) is 12.8. The van der Waals surface area contributed by atoms with E-state index in [0.717, 1.165) is 12.1 Å². The summed E-state index contributed by atoms with van der Waals surface area (Å²) in [5.74, 6) is -0.636. The minimum absolute atomic E-state index is 0.170. The molecule has 3 heterocycles. The van der Waals surface area contributed by atoms with Gasteiger partial charge in [0.2, 0.25) is 0 Å². The van der Waals surface area contributed by atoms with Gasteiger partial charge >= 0.3 is 0 Å². The molecule has 0 aliphatic carbocycles. The molecule has 1 N–H and O–H groups in total. The summed E-state index contributed by atoms with van der Waals surface area (Å²) in [6.45, 7) is 2.14. The molecule has 26 heavy (non-hydrogen) atoms. The minimum atomic E-state index is -0.636. The van der Waals surface area contributed by atoms with Crippen LogP contribution in [0.2, 0.25) is 0 Å². The zero-order valence-corrected chi connectivity index (χ0v) is 14.2. The van der Waals surface area contributed by atoms with Gasteiger partial charge in [-0.3, -0.25) is 4.98 Å². The van der Waals surface area contributed by atoms with E-state index in [1.807, 2.05) is 30.7 Å². The van der Waals surface area contributed by atoms with Gasteiger partial charge in [-0.25, -0.2) is 4.98 Å². The van der Waals surface area contributed by atoms with Crippen molar-refractivity contribution in [2.45, 2.75) is 19.4 Å². The number of hydrogen-bond donors (Lipinski definition) is 1. The Balaban J connectivity index is 1.67. The Morgan fingerprint density at radius 3 is 2.65 bits per heavy atom. The summed E-state index contributed by atoms with van der Waals surface area (Å²) in [6.07, 6.45) is 6.33. The SMILES string of the molecule is CCC(c1ccccc1)n1cnc(-c2cc(-c3n[nH]nc3F)ccn2)c1. The average Bonchev–Trinajstić information content (AvgIpc) is 3.33. The summed E-state index contributed by atoms with van der Waals surface area (Å²) in [5.41, 5.74) is 3.39. The predicted octanol–water partition coefficient (Wildman–Crippen LogP) is 3.87. The number of imidazole rings is 1. The Morgan fingerprint density at radius 2 is 1.92 bits per heavy atom. The third-order valence-electron chi connectivity index (χ3n) is 4.33. The molecule has 7 heteroatoms. The highest BCUT2D eigenvalue weighted by molar-refractivity contribution is 5.65. The van der Waals surface area contributed by atoms with Gasteiger partial charge in [0.05, 0.1) is 18.1 Å². The predicted molar refractivity (Wildman–Crippen MR) is 95.7 cm³/mol. The van der Waals surface area contributed by atoms with E-state index in [1.165, 1.54) is 5.56 Å². The van der Waals surface area contributed by atoms with Crippen LogP contribution in [0.25, 0.3) is 22.6 Å². The van der Waals surface area contributed by atoms with Crippen molar-refractivity contribution < 1.29 is 4.39 Å². The lowest BCUT2D eigenvalue weighted by molar-refractivity contribution is 0.566. The maximum atomic E-state index is 13.7. The van der Waals surface area contributed by atoms with Gasteiger partial charge in [-0.05, 0) is 24.1 Å². The summed E-state index contributed by atoms with van der Waals surface area (Å²) in [4.78, 5) is 8.85. The fourth-order valence-electron chi connectivity index (χ4n) is 3.05. The van der Waals surface area contributed by atoms with Crippen molar-refractivity contribution in [3.05, 3.63) is 72.7 Å². The number of aromatic nitrogens is 6. The lowest BCUT2D eigenvalue weighted by Crippen LogP contribution is -2.07. The van der Waals surface area contributed by atoms with Gasteiger partial charge in [-0.1, -0.05) is 37.3 Å². The largest absolute Gasteiger partial charge is 0.329 e. The number of aromatic amines is 1. The summed E-state index contributed by atoms with van der Waals surface area (Å²) >= 11 is 0. The highest BCUT2D eigenvalue weighted by Crippen LogP contribution is 2.26. The number of nitrogens with zero attached hydrogens (tertiary/aromatic N) is 5. The number of hydrogen-bond acceptors (Lipinski definition) is 4. The van der Waals surface area contributed by atoms with E-state index in [1.54, 1.807) is 18.3 Å². The van der Waals surface area contributed by atoms with Crippen molar-refractivity contribution in [2.24, 2.45) is 0 Å². The summed E-state index contributed by atoms with van der Waals surface area (Å²) < 4.78 is 15.7. The van der Waals surface area contributed by atoms with Crippen LogP contribution in [0, 0.1) is 5.95 Å². The van der Waals surface area contributed by atoms with E-state index in [4.69, 9.17) is 0 Å². The van der Waals surface area contributed by atoms with Gasteiger partial charge in [-0.15, -0.1) is 5.10 Å². The first-order valence-electron chi connectivity index (χ1n) is 8.37. The van der Waals surface area contributed by atoms with E-state index in [-0.39, 0.29) is 11.7 Å². The van der Waals surface area contributed by atoms with Crippen molar-refractivity contribution in [1.29, 1.82) is 0 Å². The standard InChI is InChI=1S/C19H17FN6/c1-2-17(13-6-4-3-5-7-13)26-11-16(22-12-26)15-10-14(8-9-21-15)18-19(20)24-25-23-18/h3-12,17H,2H2,1H3,(H,23,24,25). The second kappa shape index (κ2) is 6.87. The Bertz CT molecular complexity index is 1010. The molecule has 0 aliphatic rings. The molecule has 0 aliphatic heterocycles. The molecule has 1 unspecified atom stereocenters. The molecule has 0 fully saturated rings. The van der Waals surface area contributed by atoms with Gasteiger partial charge in [0.25, 0.3) is 5.95 Å². The molecule has 0 amide bonds. The molecule has 130 valence electrons. The van der Waals surface area contributed by atoms with Gasteiger partial charge in [-0.2, -0.15) is 14.7 Å². The van der Waals surface area contributed by atoms with E-state index >= 15 is 0 Å². The number of rotatable bonds is 5. The van der Waals surface area contributed by atoms with Crippen molar-refractivity contribution in [3.63, 3.8) is 0 Å². The molecular weight excluding hydrogens is 331 g/mol. The molecule has 4 rings (SSSR count). The van der Waals surface area contributed by atoms with E-state index in [9.17, 15) is 4.39 Å². The zero-order chi connectivity index (χ0) is 17.9. The van der Waals surface area contributed by atoms with Crippen LogP contribution in [0.1, 0.15) is 24.9 Å². The smallest absolute Gasteiger partial charge is 0.260 e. The monoisotopic (exact) mass is 348 g/mol. The van der Waals surface area contributed by atoms with Gasteiger partial charge < -0.3 is 4.57 Å². The zero-order valence-electron chi connectivity index (χ0n) is 14.2. The molecule has 0 radical (unpaired) electrons. The maximum Gasteiger partial charge on any atom is 0.260 e. The number of H-pyrrole nitrogens is 1. The number of halogens is 1. The summed E-state index contributed by atoms with van der Waals surface area (Å²) in [5, 5.41) is 9.55. The van der Waals surface area contributed by atoms with Gasteiger partial charge in [0.1, 0.15) is 11.4 Å². The molecule has 1 atom stereocenters. The minimum Gasteiger partial charge on any atom is -0.329 e. The van der Waals surface area contributed by atoms with Crippen LogP contribution in [-0.2, 0) is 0 Å². The lowest BCUT2D eigenvalue weighted by Gasteiger charge is -2.16. The fourth-order valence-corrected chi connectivity index (χ4v) is 3.05. The Labute approximate surface area is 149 Å². The fraction of sp³-hybridized carbons (Fsp3) is 0.158. The van der Waals surface area contributed by atoms with Gasteiger partial charge in [0.15, 0.2) is 0 Å². The van der Waals surface area contributed by atoms with Crippen LogP contribution >= 0.6 is 0 Å². The molecule has 4 aromatic rings. The van der Waals surface area contributed by atoms with Crippen LogP contribution in [0.3, 0.4) is 0 Å². The summed E-state index contributed by atoms with van der Waals surface area (Å²) in [6, 6.07) is 14.0. The molecule has 0 spiro atoms. The topological polar surface area (TPSA) is 72.3 Å². The Morgan fingerprint density at radius 1 is 1.08 bits per heavy atom. The van der Waals surface area contributed by atoms with Gasteiger partial charge in [0, 0.05) is 18.0 Å².